The molecule has 0 radical (unpaired) electrons. The van der Waals surface area contributed by atoms with Crippen molar-refractivity contribution in [3.63, 3.8) is 0 Å². The standard InChI is InChI=1S/C19H22ClN3O2/c1-12-11-16(23-7-9-25-10-8-23)22-13(2)17(12)18(19(21)24)14-3-5-15(20)6-4-14/h3-6,11,18H,7-10H2,1-2H3,(H2,21,24). The van der Waals surface area contributed by atoms with Gasteiger partial charge < -0.3 is 15.4 Å². The zero-order valence-electron chi connectivity index (χ0n) is 14.5. The molecule has 6 heteroatoms. The van der Waals surface area contributed by atoms with Crippen LogP contribution in [-0.4, -0.2) is 37.2 Å². The molecule has 1 saturated heterocycles. The van der Waals surface area contributed by atoms with E-state index in [1.54, 1.807) is 12.1 Å². The molecule has 3 rings (SSSR count). The third-order valence-corrected chi connectivity index (χ3v) is 4.81. The van der Waals surface area contributed by atoms with Crippen LogP contribution in [0, 0.1) is 13.8 Å². The number of pyridine rings is 1. The van der Waals surface area contributed by atoms with Crippen LogP contribution in [0.2, 0.25) is 5.02 Å². The van der Waals surface area contributed by atoms with Crippen LogP contribution in [0.1, 0.15) is 28.3 Å². The van der Waals surface area contributed by atoms with Crippen LogP contribution >= 0.6 is 11.6 Å². The summed E-state index contributed by atoms with van der Waals surface area (Å²) in [6, 6.07) is 9.25. The number of morpholine rings is 1. The maximum Gasteiger partial charge on any atom is 0.229 e. The molecule has 1 fully saturated rings. The number of primary amides is 1. The largest absolute Gasteiger partial charge is 0.378 e. The summed E-state index contributed by atoms with van der Waals surface area (Å²) in [5, 5.41) is 0.626. The molecule has 2 aromatic rings. The topological polar surface area (TPSA) is 68.4 Å². The molecule has 1 aliphatic heterocycles. The van der Waals surface area contributed by atoms with Crippen molar-refractivity contribution in [2.45, 2.75) is 19.8 Å². The summed E-state index contributed by atoms with van der Waals surface area (Å²) in [6.07, 6.45) is 0. The summed E-state index contributed by atoms with van der Waals surface area (Å²) in [6.45, 7) is 6.98. The third kappa shape index (κ3) is 3.78. The molecule has 1 aliphatic rings. The number of hydrogen-bond acceptors (Lipinski definition) is 4. The second-order valence-corrected chi connectivity index (χ2v) is 6.72. The van der Waals surface area contributed by atoms with Gasteiger partial charge in [0.2, 0.25) is 5.91 Å². The van der Waals surface area contributed by atoms with E-state index in [1.807, 2.05) is 32.0 Å². The van der Waals surface area contributed by atoms with Gasteiger partial charge in [-0.25, -0.2) is 4.98 Å². The van der Waals surface area contributed by atoms with Crippen molar-refractivity contribution >= 4 is 23.3 Å². The van der Waals surface area contributed by atoms with Crippen molar-refractivity contribution in [2.24, 2.45) is 5.73 Å². The highest BCUT2D eigenvalue weighted by Crippen LogP contribution is 2.32. The van der Waals surface area contributed by atoms with E-state index in [-0.39, 0.29) is 0 Å². The molecule has 2 N–H and O–H groups in total. The van der Waals surface area contributed by atoms with Crippen molar-refractivity contribution < 1.29 is 9.53 Å². The maximum absolute atomic E-state index is 12.2. The smallest absolute Gasteiger partial charge is 0.229 e. The number of rotatable bonds is 4. The van der Waals surface area contributed by atoms with Crippen LogP contribution in [0.15, 0.2) is 30.3 Å². The van der Waals surface area contributed by atoms with E-state index >= 15 is 0 Å². The van der Waals surface area contributed by atoms with Crippen molar-refractivity contribution in [2.75, 3.05) is 31.2 Å². The van der Waals surface area contributed by atoms with Crippen LogP contribution in [0.25, 0.3) is 0 Å². The number of anilines is 1. The Kier molecular flexibility index (Phi) is 5.25. The van der Waals surface area contributed by atoms with Gasteiger partial charge in [-0.2, -0.15) is 0 Å². The highest BCUT2D eigenvalue weighted by molar-refractivity contribution is 6.30. The predicted molar refractivity (Wildman–Crippen MR) is 99.2 cm³/mol. The van der Waals surface area contributed by atoms with Crippen molar-refractivity contribution in [1.82, 2.24) is 4.98 Å². The zero-order chi connectivity index (χ0) is 18.0. The Morgan fingerprint density at radius 2 is 1.88 bits per heavy atom. The van der Waals surface area contributed by atoms with Gasteiger partial charge in [0.25, 0.3) is 0 Å². The van der Waals surface area contributed by atoms with Crippen molar-refractivity contribution in [1.29, 1.82) is 0 Å². The first-order valence-corrected chi connectivity index (χ1v) is 8.71. The molecule has 5 nitrogen and oxygen atoms in total. The summed E-state index contributed by atoms with van der Waals surface area (Å²) in [5.74, 6) is -0.0145. The Morgan fingerprint density at radius 3 is 2.44 bits per heavy atom. The fourth-order valence-corrected chi connectivity index (χ4v) is 3.47. The molecule has 1 aromatic carbocycles. The van der Waals surface area contributed by atoms with Gasteiger partial charge in [0.1, 0.15) is 5.82 Å². The Hall–Kier alpha value is -2.11. The quantitative estimate of drug-likeness (QED) is 0.911. The molecule has 1 atom stereocenters. The number of hydrogen-bond donors (Lipinski definition) is 1. The number of carbonyl (C=O) groups is 1. The lowest BCUT2D eigenvalue weighted by atomic mass is 9.87. The van der Waals surface area contributed by atoms with Gasteiger partial charge >= 0.3 is 0 Å². The second kappa shape index (κ2) is 7.42. The van der Waals surface area contributed by atoms with Crippen molar-refractivity contribution in [3.05, 3.63) is 57.7 Å². The van der Waals surface area contributed by atoms with Gasteiger partial charge in [0, 0.05) is 23.8 Å². The fourth-order valence-electron chi connectivity index (χ4n) is 3.34. The first kappa shape index (κ1) is 17.7. The fraction of sp³-hybridized carbons (Fsp3) is 0.368. The van der Waals surface area contributed by atoms with E-state index in [4.69, 9.17) is 27.1 Å². The molecule has 1 aromatic heterocycles. The number of nitrogens with zero attached hydrogens (tertiary/aromatic N) is 2. The van der Waals surface area contributed by atoms with Gasteiger partial charge in [-0.1, -0.05) is 23.7 Å². The monoisotopic (exact) mass is 359 g/mol. The van der Waals surface area contributed by atoms with Gasteiger partial charge in [-0.15, -0.1) is 0 Å². The molecule has 0 aliphatic carbocycles. The highest BCUT2D eigenvalue weighted by atomic mass is 35.5. The number of benzene rings is 1. The van der Waals surface area contributed by atoms with Crippen LogP contribution in [0.4, 0.5) is 5.82 Å². The van der Waals surface area contributed by atoms with Gasteiger partial charge in [-0.3, -0.25) is 4.79 Å². The molecule has 2 heterocycles. The second-order valence-electron chi connectivity index (χ2n) is 6.28. The molecular formula is C19H22ClN3O2. The Balaban J connectivity index is 2.01. The van der Waals surface area contributed by atoms with Gasteiger partial charge in [0.15, 0.2) is 0 Å². The van der Waals surface area contributed by atoms with E-state index in [9.17, 15) is 4.79 Å². The zero-order valence-corrected chi connectivity index (χ0v) is 15.2. The summed E-state index contributed by atoms with van der Waals surface area (Å²) >= 11 is 5.97. The van der Waals surface area contributed by atoms with Gasteiger partial charge in [0.05, 0.1) is 19.1 Å². The number of ether oxygens (including phenoxy) is 1. The minimum atomic E-state index is -0.538. The molecule has 25 heavy (non-hydrogen) atoms. The normalized spacial score (nSPS) is 15.9. The number of aromatic nitrogens is 1. The number of carbonyl (C=O) groups excluding carboxylic acids is 1. The highest BCUT2D eigenvalue weighted by Gasteiger charge is 2.26. The minimum absolute atomic E-state index is 0.394. The predicted octanol–water partition coefficient (Wildman–Crippen LogP) is 2.81. The number of halogens is 1. The van der Waals surface area contributed by atoms with Gasteiger partial charge in [-0.05, 0) is 48.7 Å². The lowest BCUT2D eigenvalue weighted by molar-refractivity contribution is -0.118. The third-order valence-electron chi connectivity index (χ3n) is 4.55. The molecule has 1 unspecified atom stereocenters. The van der Waals surface area contributed by atoms with Crippen molar-refractivity contribution in [3.8, 4) is 0 Å². The molecule has 0 saturated carbocycles. The molecule has 132 valence electrons. The van der Waals surface area contributed by atoms with Crippen LogP contribution in [0.5, 0.6) is 0 Å². The van der Waals surface area contributed by atoms with E-state index in [1.165, 1.54) is 0 Å². The molecular weight excluding hydrogens is 338 g/mol. The molecule has 1 amide bonds. The summed E-state index contributed by atoms with van der Waals surface area (Å²) in [7, 11) is 0. The number of nitrogens with two attached hydrogens (primary N) is 1. The summed E-state index contributed by atoms with van der Waals surface area (Å²) in [4.78, 5) is 19.2. The van der Waals surface area contributed by atoms with E-state index in [0.717, 1.165) is 41.3 Å². The van der Waals surface area contributed by atoms with Crippen LogP contribution < -0.4 is 10.6 Å². The Labute approximate surface area is 152 Å². The first-order valence-electron chi connectivity index (χ1n) is 8.33. The average molecular weight is 360 g/mol. The molecule has 0 bridgehead atoms. The number of aryl methyl sites for hydroxylation is 2. The Bertz CT molecular complexity index is 748. The lowest BCUT2D eigenvalue weighted by Gasteiger charge is -2.29. The first-order chi connectivity index (χ1) is 12.0. The van der Waals surface area contributed by atoms with Crippen LogP contribution in [-0.2, 0) is 9.53 Å². The minimum Gasteiger partial charge on any atom is -0.378 e. The van der Waals surface area contributed by atoms with Crippen LogP contribution in [0.3, 0.4) is 0 Å². The summed E-state index contributed by atoms with van der Waals surface area (Å²) < 4.78 is 5.40. The lowest BCUT2D eigenvalue weighted by Crippen LogP contribution is -2.37. The van der Waals surface area contributed by atoms with E-state index in [0.29, 0.717) is 18.2 Å². The van der Waals surface area contributed by atoms with E-state index in [2.05, 4.69) is 4.90 Å². The van der Waals surface area contributed by atoms with E-state index < -0.39 is 11.8 Å². The SMILES string of the molecule is Cc1cc(N2CCOCC2)nc(C)c1C(C(N)=O)c1ccc(Cl)cc1. The summed E-state index contributed by atoms with van der Waals surface area (Å²) in [5.41, 5.74) is 9.25. The molecule has 0 spiro atoms. The maximum atomic E-state index is 12.2. The Morgan fingerprint density at radius 1 is 1.24 bits per heavy atom. The number of amides is 1. The average Bonchev–Trinajstić information content (AvgIpc) is 2.59.